The van der Waals surface area contributed by atoms with Gasteiger partial charge in [0, 0.05) is 0 Å². The van der Waals surface area contributed by atoms with E-state index in [1.165, 1.54) is 24.3 Å². The summed E-state index contributed by atoms with van der Waals surface area (Å²) in [7, 11) is 0. The van der Waals surface area contributed by atoms with E-state index in [-0.39, 0.29) is 12.1 Å². The molecule has 2 aromatic carbocycles. The number of alkyl halides is 6. The zero-order valence-electron chi connectivity index (χ0n) is 18.8. The number of hydrogen-bond acceptors (Lipinski definition) is 2. The monoisotopic (exact) mass is 460 g/mol. The van der Waals surface area contributed by atoms with Crippen LogP contribution in [0.1, 0.15) is 62.0 Å². The molecule has 0 heterocycles. The van der Waals surface area contributed by atoms with E-state index in [1.807, 2.05) is 27.7 Å². The van der Waals surface area contributed by atoms with E-state index in [4.69, 9.17) is 0 Å². The Balaban J connectivity index is 2.62. The van der Waals surface area contributed by atoms with Crippen LogP contribution in [0.25, 0.3) is 0 Å². The van der Waals surface area contributed by atoms with E-state index in [9.17, 15) is 26.3 Å². The van der Waals surface area contributed by atoms with Gasteiger partial charge in [0.15, 0.2) is 0 Å². The van der Waals surface area contributed by atoms with Crippen LogP contribution in [0.15, 0.2) is 48.5 Å². The predicted molar refractivity (Wildman–Crippen MR) is 114 cm³/mol. The molecule has 32 heavy (non-hydrogen) atoms. The van der Waals surface area contributed by atoms with Crippen molar-refractivity contribution in [2.24, 2.45) is 0 Å². The highest BCUT2D eigenvalue weighted by Gasteiger charge is 2.35. The van der Waals surface area contributed by atoms with Gasteiger partial charge in [0.1, 0.15) is 0 Å². The van der Waals surface area contributed by atoms with Crippen LogP contribution >= 0.6 is 0 Å². The molecule has 0 aliphatic carbocycles. The average molecular weight is 461 g/mol. The van der Waals surface area contributed by atoms with Crippen molar-refractivity contribution in [2.45, 2.75) is 52.1 Å². The Morgan fingerprint density at radius 1 is 0.531 bits per heavy atom. The zero-order valence-corrected chi connectivity index (χ0v) is 18.8. The molecule has 0 saturated carbocycles. The van der Waals surface area contributed by atoms with Gasteiger partial charge in [-0.05, 0) is 61.6 Å². The lowest BCUT2D eigenvalue weighted by atomic mass is 9.89. The van der Waals surface area contributed by atoms with Gasteiger partial charge >= 0.3 is 12.4 Å². The molecule has 0 aromatic heterocycles. The minimum Gasteiger partial charge on any atom is -0.295 e. The highest BCUT2D eigenvalue weighted by atomic mass is 19.4. The van der Waals surface area contributed by atoms with Crippen LogP contribution in [0.4, 0.5) is 26.3 Å². The minimum absolute atomic E-state index is 0.330. The first-order valence-corrected chi connectivity index (χ1v) is 10.8. The molecule has 0 spiro atoms. The molecule has 0 saturated heterocycles. The van der Waals surface area contributed by atoms with Gasteiger partial charge < -0.3 is 0 Å². The van der Waals surface area contributed by atoms with Crippen molar-refractivity contribution in [3.05, 3.63) is 70.8 Å². The average Bonchev–Trinajstić information content (AvgIpc) is 2.75. The van der Waals surface area contributed by atoms with Crippen LogP contribution in [0.5, 0.6) is 0 Å². The second kappa shape index (κ2) is 10.7. The number of nitrogens with zero attached hydrogens (tertiary/aromatic N) is 2. The SMILES string of the molecule is CCN(CC)[C@@H](c1ccc(C(F)(F)F)cc1)[C@H](c1ccc(C(F)(F)F)cc1)N(CC)CC. The summed E-state index contributed by atoms with van der Waals surface area (Å²) in [6.07, 6.45) is -8.87. The third kappa shape index (κ3) is 6.04. The first-order valence-electron chi connectivity index (χ1n) is 10.8. The molecule has 0 radical (unpaired) electrons. The van der Waals surface area contributed by atoms with Crippen LogP contribution in [-0.2, 0) is 12.4 Å². The van der Waals surface area contributed by atoms with Crippen molar-refractivity contribution < 1.29 is 26.3 Å². The smallest absolute Gasteiger partial charge is 0.295 e. The first-order chi connectivity index (χ1) is 15.0. The maximum atomic E-state index is 13.1. The van der Waals surface area contributed by atoms with Crippen molar-refractivity contribution in [1.82, 2.24) is 9.80 Å². The number of halogens is 6. The molecule has 0 fully saturated rings. The number of likely N-dealkylation sites (N-methyl/N-ethyl adjacent to an activating group) is 2. The lowest BCUT2D eigenvalue weighted by molar-refractivity contribution is -0.138. The number of hydrogen-bond donors (Lipinski definition) is 0. The molecule has 8 heteroatoms. The molecular weight excluding hydrogens is 430 g/mol. The van der Waals surface area contributed by atoms with Gasteiger partial charge in [-0.25, -0.2) is 0 Å². The number of rotatable bonds is 9. The van der Waals surface area contributed by atoms with Crippen LogP contribution < -0.4 is 0 Å². The molecule has 178 valence electrons. The fraction of sp³-hybridized carbons (Fsp3) is 0.500. The number of benzene rings is 2. The molecule has 0 N–H and O–H groups in total. The topological polar surface area (TPSA) is 6.48 Å². The molecule has 0 unspecified atom stereocenters. The van der Waals surface area contributed by atoms with Gasteiger partial charge in [-0.2, -0.15) is 26.3 Å². The van der Waals surface area contributed by atoms with Crippen LogP contribution in [0, 0.1) is 0 Å². The van der Waals surface area contributed by atoms with Gasteiger partial charge in [-0.3, -0.25) is 9.80 Å². The Kier molecular flexibility index (Phi) is 8.76. The normalized spacial score (nSPS) is 14.8. The molecule has 2 atom stereocenters. The van der Waals surface area contributed by atoms with Gasteiger partial charge in [-0.15, -0.1) is 0 Å². The van der Waals surface area contributed by atoms with E-state index >= 15 is 0 Å². The summed E-state index contributed by atoms with van der Waals surface area (Å²) in [6, 6.07) is 9.52. The molecule has 0 aliphatic rings. The predicted octanol–water partition coefficient (Wildman–Crippen LogP) is 7.19. The Hall–Kier alpha value is -2.06. The third-order valence-corrected chi connectivity index (χ3v) is 5.87. The summed E-state index contributed by atoms with van der Waals surface area (Å²) in [5.74, 6) is 0. The Morgan fingerprint density at radius 3 is 0.969 bits per heavy atom. The van der Waals surface area contributed by atoms with Gasteiger partial charge in [0.2, 0.25) is 0 Å². The fourth-order valence-electron chi connectivity index (χ4n) is 4.16. The lowest BCUT2D eigenvalue weighted by Crippen LogP contribution is -2.41. The Morgan fingerprint density at radius 2 is 0.781 bits per heavy atom. The van der Waals surface area contributed by atoms with Crippen molar-refractivity contribution in [2.75, 3.05) is 26.2 Å². The lowest BCUT2D eigenvalue weighted by Gasteiger charge is -2.42. The Bertz CT molecular complexity index is 748. The van der Waals surface area contributed by atoms with E-state index in [0.717, 1.165) is 24.3 Å². The van der Waals surface area contributed by atoms with Gasteiger partial charge in [0.25, 0.3) is 0 Å². The van der Waals surface area contributed by atoms with Crippen molar-refractivity contribution >= 4 is 0 Å². The molecule has 0 aliphatic heterocycles. The maximum Gasteiger partial charge on any atom is 0.416 e. The largest absolute Gasteiger partial charge is 0.416 e. The summed E-state index contributed by atoms with van der Waals surface area (Å²) in [6.45, 7) is 10.4. The highest BCUT2D eigenvalue weighted by molar-refractivity contribution is 5.33. The molecule has 2 rings (SSSR count). The van der Waals surface area contributed by atoms with E-state index in [2.05, 4.69) is 9.80 Å². The zero-order chi connectivity index (χ0) is 24.1. The summed E-state index contributed by atoms with van der Waals surface area (Å²) in [4.78, 5) is 4.26. The van der Waals surface area contributed by atoms with Crippen molar-refractivity contribution in [3.8, 4) is 0 Å². The summed E-state index contributed by atoms with van der Waals surface area (Å²) >= 11 is 0. The minimum atomic E-state index is -4.44. The van der Waals surface area contributed by atoms with E-state index in [1.54, 1.807) is 0 Å². The molecule has 2 aromatic rings. The second-order valence-electron chi connectivity index (χ2n) is 7.57. The van der Waals surface area contributed by atoms with Gasteiger partial charge in [0.05, 0.1) is 23.2 Å². The fourth-order valence-corrected chi connectivity index (χ4v) is 4.16. The quantitative estimate of drug-likeness (QED) is 0.366. The molecular formula is C24H30F6N2. The van der Waals surface area contributed by atoms with Crippen LogP contribution in [-0.4, -0.2) is 36.0 Å². The van der Waals surface area contributed by atoms with Gasteiger partial charge in [-0.1, -0.05) is 52.0 Å². The highest BCUT2D eigenvalue weighted by Crippen LogP contribution is 2.40. The third-order valence-electron chi connectivity index (χ3n) is 5.87. The van der Waals surface area contributed by atoms with Crippen LogP contribution in [0.3, 0.4) is 0 Å². The first kappa shape index (κ1) is 26.2. The molecule has 2 nitrogen and oxygen atoms in total. The van der Waals surface area contributed by atoms with Crippen LogP contribution in [0.2, 0.25) is 0 Å². The van der Waals surface area contributed by atoms with Crippen molar-refractivity contribution in [1.29, 1.82) is 0 Å². The maximum absolute atomic E-state index is 13.1. The second-order valence-corrected chi connectivity index (χ2v) is 7.57. The molecule has 0 amide bonds. The molecule has 0 bridgehead atoms. The summed E-state index contributed by atoms with van der Waals surface area (Å²) in [5, 5.41) is 0. The van der Waals surface area contributed by atoms with E-state index in [0.29, 0.717) is 37.3 Å². The Labute approximate surface area is 185 Å². The van der Waals surface area contributed by atoms with E-state index < -0.39 is 23.5 Å². The van der Waals surface area contributed by atoms with Crippen molar-refractivity contribution in [3.63, 3.8) is 0 Å². The summed E-state index contributed by atoms with van der Waals surface area (Å²) in [5.41, 5.74) is -0.0704. The standard InChI is InChI=1S/C24H30F6N2/c1-5-31(6-2)21(17-9-13-19(14-10-17)23(25,26)27)22(32(7-3)8-4)18-11-15-20(16-12-18)24(28,29)30/h9-16,21-22H,5-8H2,1-4H3/t21-,22-/m0/s1. The summed E-state index contributed by atoms with van der Waals surface area (Å²) < 4.78 is 78.6.